The Kier molecular flexibility index (Phi) is 4.65. The van der Waals surface area contributed by atoms with Gasteiger partial charge >= 0.3 is 0 Å². The Labute approximate surface area is 141 Å². The summed E-state index contributed by atoms with van der Waals surface area (Å²) >= 11 is 0. The molecule has 0 aliphatic heterocycles. The summed E-state index contributed by atoms with van der Waals surface area (Å²) in [5.41, 5.74) is 3.71. The van der Waals surface area contributed by atoms with Crippen LogP contribution in [0.3, 0.4) is 0 Å². The highest BCUT2D eigenvalue weighted by Gasteiger charge is 2.11. The van der Waals surface area contributed by atoms with E-state index in [0.29, 0.717) is 5.56 Å². The number of nitriles is 1. The zero-order chi connectivity index (χ0) is 16.8. The summed E-state index contributed by atoms with van der Waals surface area (Å²) < 4.78 is 0. The minimum Gasteiger partial charge on any atom is -0.288 e. The van der Waals surface area contributed by atoms with Crippen LogP contribution in [0.2, 0.25) is 0 Å². The molecule has 0 radical (unpaired) electrons. The molecule has 3 aromatic carbocycles. The van der Waals surface area contributed by atoms with Gasteiger partial charge < -0.3 is 0 Å². The molecule has 0 aliphatic carbocycles. The molecule has 0 atom stereocenters. The van der Waals surface area contributed by atoms with Gasteiger partial charge in [-0.25, -0.2) is 0 Å². The molecule has 0 saturated heterocycles. The molecule has 3 rings (SSSR count). The van der Waals surface area contributed by atoms with Crippen LogP contribution in [0.4, 0.5) is 0 Å². The number of benzene rings is 3. The van der Waals surface area contributed by atoms with Crippen LogP contribution in [0.25, 0.3) is 17.2 Å². The maximum absolute atomic E-state index is 12.4. The van der Waals surface area contributed by atoms with Crippen molar-refractivity contribution in [2.45, 2.75) is 0 Å². The molecule has 0 spiro atoms. The highest BCUT2D eigenvalue weighted by molar-refractivity contribution is 6.14. The van der Waals surface area contributed by atoms with Crippen molar-refractivity contribution in [1.29, 1.82) is 5.26 Å². The van der Waals surface area contributed by atoms with Crippen LogP contribution in [0.1, 0.15) is 15.9 Å². The van der Waals surface area contributed by atoms with Gasteiger partial charge in [-0.2, -0.15) is 5.26 Å². The van der Waals surface area contributed by atoms with Gasteiger partial charge in [0.25, 0.3) is 0 Å². The van der Waals surface area contributed by atoms with Gasteiger partial charge in [-0.05, 0) is 22.8 Å². The molecule has 0 unspecified atom stereocenters. The monoisotopic (exact) mass is 309 g/mol. The average molecular weight is 309 g/mol. The van der Waals surface area contributed by atoms with E-state index < -0.39 is 0 Å². The third-order valence-electron chi connectivity index (χ3n) is 3.73. The Morgan fingerprint density at radius 2 is 1.29 bits per heavy atom. The standard InChI is InChI=1S/C22H15NO/c23-16-21(22(24)20-9-5-2-6-10-20)15-17-11-13-19(14-12-17)18-7-3-1-4-8-18/h1-15H/b21-15+. The number of allylic oxidation sites excluding steroid dienone is 1. The number of hydrogen-bond acceptors (Lipinski definition) is 2. The molecular formula is C22H15NO. The Bertz CT molecular complexity index is 902. The molecule has 0 bridgehead atoms. The van der Waals surface area contributed by atoms with E-state index in [1.807, 2.05) is 66.7 Å². The second-order valence-corrected chi connectivity index (χ2v) is 5.35. The molecule has 0 fully saturated rings. The fraction of sp³-hybridized carbons (Fsp3) is 0. The lowest BCUT2D eigenvalue weighted by atomic mass is 10.00. The number of ketones is 1. The minimum absolute atomic E-state index is 0.133. The predicted molar refractivity (Wildman–Crippen MR) is 96.2 cm³/mol. The van der Waals surface area contributed by atoms with Crippen LogP contribution >= 0.6 is 0 Å². The van der Waals surface area contributed by atoms with E-state index in [1.165, 1.54) is 0 Å². The summed E-state index contributed by atoms with van der Waals surface area (Å²) in [6.07, 6.45) is 1.63. The molecule has 3 aromatic rings. The lowest BCUT2D eigenvalue weighted by Gasteiger charge is -2.03. The quantitative estimate of drug-likeness (QED) is 0.380. The normalized spacial score (nSPS) is 10.9. The van der Waals surface area contributed by atoms with Crippen molar-refractivity contribution in [3.63, 3.8) is 0 Å². The molecule has 0 aliphatic rings. The molecule has 0 N–H and O–H groups in total. The fourth-order valence-electron chi connectivity index (χ4n) is 2.46. The molecule has 0 heterocycles. The Morgan fingerprint density at radius 3 is 1.88 bits per heavy atom. The first-order chi connectivity index (χ1) is 11.8. The van der Waals surface area contributed by atoms with Gasteiger partial charge in [-0.15, -0.1) is 0 Å². The lowest BCUT2D eigenvalue weighted by Crippen LogP contribution is -2.01. The van der Waals surface area contributed by atoms with Crippen molar-refractivity contribution in [2.75, 3.05) is 0 Å². The van der Waals surface area contributed by atoms with Crippen LogP contribution in [0, 0.1) is 11.3 Å². The summed E-state index contributed by atoms with van der Waals surface area (Å²) in [6, 6.07) is 28.7. The number of carbonyl (C=O) groups is 1. The number of nitrogens with zero attached hydrogens (tertiary/aromatic N) is 1. The number of Topliss-reactive ketones (excluding diaryl/α,β-unsaturated/α-hetero) is 1. The minimum atomic E-state index is -0.259. The van der Waals surface area contributed by atoms with E-state index in [0.717, 1.165) is 16.7 Å². The van der Waals surface area contributed by atoms with Crippen molar-refractivity contribution in [3.8, 4) is 17.2 Å². The van der Waals surface area contributed by atoms with Gasteiger partial charge in [0.15, 0.2) is 0 Å². The van der Waals surface area contributed by atoms with Crippen LogP contribution in [-0.2, 0) is 0 Å². The second-order valence-electron chi connectivity index (χ2n) is 5.35. The Balaban J connectivity index is 1.87. The summed E-state index contributed by atoms with van der Waals surface area (Å²) in [4.78, 5) is 12.4. The zero-order valence-electron chi connectivity index (χ0n) is 13.0. The van der Waals surface area contributed by atoms with E-state index in [2.05, 4.69) is 0 Å². The first kappa shape index (κ1) is 15.5. The van der Waals surface area contributed by atoms with E-state index >= 15 is 0 Å². The van der Waals surface area contributed by atoms with E-state index in [4.69, 9.17) is 0 Å². The van der Waals surface area contributed by atoms with Gasteiger partial charge in [0, 0.05) is 5.56 Å². The first-order valence-electron chi connectivity index (χ1n) is 7.65. The van der Waals surface area contributed by atoms with Crippen molar-refractivity contribution in [1.82, 2.24) is 0 Å². The zero-order valence-corrected chi connectivity index (χ0v) is 13.0. The summed E-state index contributed by atoms with van der Waals surface area (Å²) in [5.74, 6) is -0.259. The SMILES string of the molecule is N#C/C(=C\c1ccc(-c2ccccc2)cc1)C(=O)c1ccccc1. The number of rotatable bonds is 4. The highest BCUT2D eigenvalue weighted by atomic mass is 16.1. The summed E-state index contributed by atoms with van der Waals surface area (Å²) in [7, 11) is 0. The van der Waals surface area contributed by atoms with Gasteiger partial charge in [0.05, 0.1) is 0 Å². The number of carbonyl (C=O) groups excluding carboxylic acids is 1. The second kappa shape index (κ2) is 7.21. The average Bonchev–Trinajstić information content (AvgIpc) is 2.67. The van der Waals surface area contributed by atoms with E-state index in [-0.39, 0.29) is 11.4 Å². The Hall–Kier alpha value is -3.44. The molecule has 114 valence electrons. The van der Waals surface area contributed by atoms with Crippen molar-refractivity contribution >= 4 is 11.9 Å². The molecule has 0 aromatic heterocycles. The smallest absolute Gasteiger partial charge is 0.203 e. The van der Waals surface area contributed by atoms with Crippen LogP contribution in [-0.4, -0.2) is 5.78 Å². The molecule has 24 heavy (non-hydrogen) atoms. The maximum atomic E-state index is 12.4. The van der Waals surface area contributed by atoms with Gasteiger partial charge in [0.2, 0.25) is 5.78 Å². The molecule has 2 heteroatoms. The van der Waals surface area contributed by atoms with E-state index in [1.54, 1.807) is 30.3 Å². The summed E-state index contributed by atoms with van der Waals surface area (Å²) in [6.45, 7) is 0. The predicted octanol–water partition coefficient (Wildman–Crippen LogP) is 5.14. The maximum Gasteiger partial charge on any atom is 0.203 e. The Morgan fingerprint density at radius 1 is 0.750 bits per heavy atom. The van der Waals surface area contributed by atoms with Crippen molar-refractivity contribution in [2.24, 2.45) is 0 Å². The molecule has 0 saturated carbocycles. The third-order valence-corrected chi connectivity index (χ3v) is 3.73. The van der Waals surface area contributed by atoms with Crippen molar-refractivity contribution in [3.05, 3.63) is 102 Å². The summed E-state index contributed by atoms with van der Waals surface area (Å²) in [5, 5.41) is 9.31. The van der Waals surface area contributed by atoms with Gasteiger partial charge in [0.1, 0.15) is 11.6 Å². The lowest BCUT2D eigenvalue weighted by molar-refractivity contribution is 0.104. The molecular weight excluding hydrogens is 294 g/mol. The first-order valence-corrected chi connectivity index (χ1v) is 7.65. The van der Waals surface area contributed by atoms with Crippen LogP contribution in [0.5, 0.6) is 0 Å². The van der Waals surface area contributed by atoms with Crippen LogP contribution in [0.15, 0.2) is 90.5 Å². The van der Waals surface area contributed by atoms with E-state index in [9.17, 15) is 10.1 Å². The largest absolute Gasteiger partial charge is 0.288 e. The highest BCUT2D eigenvalue weighted by Crippen LogP contribution is 2.20. The van der Waals surface area contributed by atoms with Crippen molar-refractivity contribution < 1.29 is 4.79 Å². The molecule has 0 amide bonds. The van der Waals surface area contributed by atoms with Gasteiger partial charge in [-0.1, -0.05) is 84.9 Å². The fourth-order valence-corrected chi connectivity index (χ4v) is 2.46. The van der Waals surface area contributed by atoms with Gasteiger partial charge in [-0.3, -0.25) is 4.79 Å². The van der Waals surface area contributed by atoms with Crippen LogP contribution < -0.4 is 0 Å². The third kappa shape index (κ3) is 3.48. The topological polar surface area (TPSA) is 40.9 Å². The molecule has 2 nitrogen and oxygen atoms in total. The number of hydrogen-bond donors (Lipinski definition) is 0.